The third-order valence-corrected chi connectivity index (χ3v) is 4.88. The fourth-order valence-corrected chi connectivity index (χ4v) is 2.97. The van der Waals surface area contributed by atoms with Gasteiger partial charge >= 0.3 is 0 Å². The molecule has 1 aromatic carbocycles. The Labute approximate surface area is 124 Å². The zero-order valence-electron chi connectivity index (χ0n) is 13.6. The van der Waals surface area contributed by atoms with Crippen LogP contribution in [0.1, 0.15) is 56.3 Å². The van der Waals surface area contributed by atoms with E-state index in [1.165, 1.54) is 31.2 Å². The average Bonchev–Trinajstić information content (AvgIpc) is 2.93. The van der Waals surface area contributed by atoms with Crippen LogP contribution in [-0.4, -0.2) is 31.1 Å². The second-order valence-corrected chi connectivity index (χ2v) is 6.30. The van der Waals surface area contributed by atoms with E-state index in [0.29, 0.717) is 12.1 Å². The van der Waals surface area contributed by atoms with Crippen LogP contribution in [0.5, 0.6) is 0 Å². The Hall–Kier alpha value is -0.860. The molecule has 0 saturated heterocycles. The van der Waals surface area contributed by atoms with E-state index in [4.69, 9.17) is 0 Å². The van der Waals surface area contributed by atoms with Crippen molar-refractivity contribution in [3.63, 3.8) is 0 Å². The molecule has 0 heterocycles. The van der Waals surface area contributed by atoms with Gasteiger partial charge in [0.1, 0.15) is 0 Å². The average molecular weight is 274 g/mol. The van der Waals surface area contributed by atoms with Crippen LogP contribution in [0.25, 0.3) is 0 Å². The monoisotopic (exact) mass is 274 g/mol. The highest BCUT2D eigenvalue weighted by atomic mass is 15.1. The van der Waals surface area contributed by atoms with Crippen LogP contribution in [0.4, 0.5) is 0 Å². The van der Waals surface area contributed by atoms with Crippen LogP contribution in [0.3, 0.4) is 0 Å². The van der Waals surface area contributed by atoms with Crippen molar-refractivity contribution in [2.24, 2.45) is 0 Å². The van der Waals surface area contributed by atoms with Gasteiger partial charge in [0, 0.05) is 25.2 Å². The molecular formula is C18H30N2. The lowest BCUT2D eigenvalue weighted by Gasteiger charge is -2.24. The molecule has 0 saturated carbocycles. The molecule has 0 fully saturated rings. The van der Waals surface area contributed by atoms with Crippen LogP contribution < -0.4 is 5.32 Å². The Balaban J connectivity index is 1.81. The second kappa shape index (κ2) is 7.24. The lowest BCUT2D eigenvalue weighted by Crippen LogP contribution is -2.35. The van der Waals surface area contributed by atoms with Gasteiger partial charge < -0.3 is 10.2 Å². The minimum atomic E-state index is 0.450. The van der Waals surface area contributed by atoms with E-state index in [9.17, 15) is 0 Å². The molecule has 20 heavy (non-hydrogen) atoms. The number of hydrogen-bond acceptors (Lipinski definition) is 2. The SMILES string of the molecule is CCC(C)N(C)CCNC(C)c1ccc2c(c1)CCC2. The number of likely N-dealkylation sites (N-methyl/N-ethyl adjacent to an activating group) is 1. The molecule has 0 spiro atoms. The van der Waals surface area contributed by atoms with E-state index >= 15 is 0 Å². The van der Waals surface area contributed by atoms with Crippen molar-refractivity contribution in [3.8, 4) is 0 Å². The summed E-state index contributed by atoms with van der Waals surface area (Å²) in [6.45, 7) is 9.00. The van der Waals surface area contributed by atoms with Gasteiger partial charge in [-0.05, 0) is 63.3 Å². The van der Waals surface area contributed by atoms with E-state index in [-0.39, 0.29) is 0 Å². The van der Waals surface area contributed by atoms with E-state index in [1.807, 2.05) is 0 Å². The van der Waals surface area contributed by atoms with Gasteiger partial charge in [-0.25, -0.2) is 0 Å². The number of hydrogen-bond donors (Lipinski definition) is 1. The first-order valence-corrected chi connectivity index (χ1v) is 8.17. The Morgan fingerprint density at radius 2 is 1.95 bits per heavy atom. The van der Waals surface area contributed by atoms with E-state index in [2.05, 4.69) is 56.2 Å². The van der Waals surface area contributed by atoms with Crippen LogP contribution in [0.2, 0.25) is 0 Å². The number of nitrogens with zero attached hydrogens (tertiary/aromatic N) is 1. The third-order valence-electron chi connectivity index (χ3n) is 4.88. The molecule has 2 heteroatoms. The van der Waals surface area contributed by atoms with Gasteiger partial charge in [-0.15, -0.1) is 0 Å². The topological polar surface area (TPSA) is 15.3 Å². The van der Waals surface area contributed by atoms with Gasteiger partial charge in [-0.2, -0.15) is 0 Å². The molecule has 0 radical (unpaired) electrons. The quantitative estimate of drug-likeness (QED) is 0.818. The standard InChI is InChI=1S/C18H30N2/c1-5-14(2)20(4)12-11-19-15(3)17-10-9-16-7-6-8-18(16)13-17/h9-10,13-15,19H,5-8,11-12H2,1-4H3. The lowest BCUT2D eigenvalue weighted by atomic mass is 10.0. The molecule has 2 atom stereocenters. The summed E-state index contributed by atoms with van der Waals surface area (Å²) in [6, 6.07) is 8.18. The minimum Gasteiger partial charge on any atom is -0.309 e. The highest BCUT2D eigenvalue weighted by Crippen LogP contribution is 2.25. The van der Waals surface area contributed by atoms with Crippen LogP contribution >= 0.6 is 0 Å². The molecule has 0 aliphatic heterocycles. The maximum atomic E-state index is 3.66. The minimum absolute atomic E-state index is 0.450. The molecule has 0 aromatic heterocycles. The Morgan fingerprint density at radius 3 is 2.70 bits per heavy atom. The number of aryl methyl sites for hydroxylation is 2. The summed E-state index contributed by atoms with van der Waals surface area (Å²) >= 11 is 0. The summed E-state index contributed by atoms with van der Waals surface area (Å²) in [6.07, 6.45) is 5.10. The summed E-state index contributed by atoms with van der Waals surface area (Å²) in [5, 5.41) is 3.66. The first-order chi connectivity index (χ1) is 9.61. The van der Waals surface area contributed by atoms with Crippen LogP contribution in [0, 0.1) is 0 Å². The second-order valence-electron chi connectivity index (χ2n) is 6.30. The summed E-state index contributed by atoms with van der Waals surface area (Å²) in [5.41, 5.74) is 4.59. The Bertz CT molecular complexity index is 427. The molecule has 0 amide bonds. The third kappa shape index (κ3) is 3.83. The number of rotatable bonds is 7. The van der Waals surface area contributed by atoms with Gasteiger partial charge in [0.25, 0.3) is 0 Å². The van der Waals surface area contributed by atoms with Crippen molar-refractivity contribution in [1.82, 2.24) is 10.2 Å². The predicted molar refractivity (Wildman–Crippen MR) is 87.3 cm³/mol. The van der Waals surface area contributed by atoms with Crippen molar-refractivity contribution in [3.05, 3.63) is 34.9 Å². The normalized spacial score (nSPS) is 17.2. The van der Waals surface area contributed by atoms with Gasteiger partial charge in [0.2, 0.25) is 0 Å². The van der Waals surface area contributed by atoms with Gasteiger partial charge in [-0.3, -0.25) is 0 Å². The molecule has 2 rings (SSSR count). The smallest absolute Gasteiger partial charge is 0.0292 e. The first kappa shape index (κ1) is 15.5. The van der Waals surface area contributed by atoms with Crippen molar-refractivity contribution >= 4 is 0 Å². The molecular weight excluding hydrogens is 244 g/mol. The first-order valence-electron chi connectivity index (χ1n) is 8.17. The highest BCUT2D eigenvalue weighted by Gasteiger charge is 2.13. The summed E-state index contributed by atoms with van der Waals surface area (Å²) < 4.78 is 0. The summed E-state index contributed by atoms with van der Waals surface area (Å²) in [4.78, 5) is 2.43. The molecule has 0 bridgehead atoms. The van der Waals surface area contributed by atoms with E-state index in [1.54, 1.807) is 11.1 Å². The zero-order chi connectivity index (χ0) is 14.5. The molecule has 112 valence electrons. The predicted octanol–water partition coefficient (Wildman–Crippen LogP) is 3.56. The molecule has 2 nitrogen and oxygen atoms in total. The van der Waals surface area contributed by atoms with Gasteiger partial charge in [0.05, 0.1) is 0 Å². The fourth-order valence-electron chi connectivity index (χ4n) is 2.97. The molecule has 2 unspecified atom stereocenters. The Kier molecular flexibility index (Phi) is 5.62. The Morgan fingerprint density at radius 1 is 1.20 bits per heavy atom. The summed E-state index contributed by atoms with van der Waals surface area (Å²) in [5.74, 6) is 0. The number of nitrogens with one attached hydrogen (secondary N) is 1. The molecule has 1 aromatic rings. The van der Waals surface area contributed by atoms with Gasteiger partial charge in [0.15, 0.2) is 0 Å². The zero-order valence-corrected chi connectivity index (χ0v) is 13.6. The molecule has 1 aliphatic rings. The molecule has 1 aliphatic carbocycles. The van der Waals surface area contributed by atoms with Crippen molar-refractivity contribution < 1.29 is 0 Å². The largest absolute Gasteiger partial charge is 0.309 e. The van der Waals surface area contributed by atoms with E-state index < -0.39 is 0 Å². The van der Waals surface area contributed by atoms with Crippen molar-refractivity contribution in [2.45, 2.75) is 58.5 Å². The molecule has 1 N–H and O–H groups in total. The van der Waals surface area contributed by atoms with Crippen molar-refractivity contribution in [2.75, 3.05) is 20.1 Å². The van der Waals surface area contributed by atoms with Crippen molar-refractivity contribution in [1.29, 1.82) is 0 Å². The fraction of sp³-hybridized carbons (Fsp3) is 0.667. The lowest BCUT2D eigenvalue weighted by molar-refractivity contribution is 0.249. The number of benzene rings is 1. The summed E-state index contributed by atoms with van der Waals surface area (Å²) in [7, 11) is 2.22. The number of fused-ring (bicyclic) bond motifs is 1. The van der Waals surface area contributed by atoms with Crippen LogP contribution in [-0.2, 0) is 12.8 Å². The highest BCUT2D eigenvalue weighted by molar-refractivity contribution is 5.36. The van der Waals surface area contributed by atoms with Gasteiger partial charge in [-0.1, -0.05) is 25.1 Å². The van der Waals surface area contributed by atoms with E-state index in [0.717, 1.165) is 13.1 Å². The van der Waals surface area contributed by atoms with Crippen LogP contribution in [0.15, 0.2) is 18.2 Å². The maximum absolute atomic E-state index is 3.66. The maximum Gasteiger partial charge on any atom is 0.0292 e.